The van der Waals surface area contributed by atoms with Crippen LogP contribution in [0.25, 0.3) is 0 Å². The van der Waals surface area contributed by atoms with Crippen molar-refractivity contribution in [2.45, 2.75) is 58.8 Å². The zero-order valence-electron chi connectivity index (χ0n) is 19.5. The van der Waals surface area contributed by atoms with Gasteiger partial charge in [-0.25, -0.2) is 22.0 Å². The number of hydrogen-bond donors (Lipinski definition) is 0. The first-order valence-corrected chi connectivity index (χ1v) is 11.7. The molecule has 3 aromatic carbocycles. The van der Waals surface area contributed by atoms with Crippen LogP contribution < -0.4 is 4.74 Å². The Morgan fingerprint density at radius 3 is 1.68 bits per heavy atom. The Bertz CT molecular complexity index is 1080. The van der Waals surface area contributed by atoms with Crippen LogP contribution in [-0.2, 0) is 32.1 Å². The molecule has 0 fully saturated rings. The summed E-state index contributed by atoms with van der Waals surface area (Å²) in [5.74, 6) is -3.88. The predicted octanol–water partition coefficient (Wildman–Crippen LogP) is 7.69. The SMILES string of the molecule is CCCOc1c(F)cc(CCc2c(F)cc(CCc3ccc(CCC)cc3F)cc2F)cc1F. The fourth-order valence-corrected chi connectivity index (χ4v) is 3.92. The third-order valence-corrected chi connectivity index (χ3v) is 5.71. The molecule has 0 heterocycles. The lowest BCUT2D eigenvalue weighted by molar-refractivity contribution is 0.284. The molecule has 0 saturated carbocycles. The molecule has 0 amide bonds. The van der Waals surface area contributed by atoms with Gasteiger partial charge in [0.25, 0.3) is 0 Å². The zero-order chi connectivity index (χ0) is 24.7. The van der Waals surface area contributed by atoms with Crippen LogP contribution in [0.2, 0.25) is 0 Å². The Morgan fingerprint density at radius 2 is 1.12 bits per heavy atom. The van der Waals surface area contributed by atoms with Gasteiger partial charge in [0.2, 0.25) is 0 Å². The maximum absolute atomic E-state index is 14.6. The quantitative estimate of drug-likeness (QED) is 0.258. The minimum Gasteiger partial charge on any atom is -0.488 e. The van der Waals surface area contributed by atoms with Crippen molar-refractivity contribution in [1.29, 1.82) is 0 Å². The number of rotatable bonds is 11. The molecule has 3 rings (SSSR count). The molecular formula is C28H29F5O. The van der Waals surface area contributed by atoms with E-state index in [1.807, 2.05) is 19.9 Å². The zero-order valence-corrected chi connectivity index (χ0v) is 19.5. The van der Waals surface area contributed by atoms with Crippen molar-refractivity contribution in [3.05, 3.63) is 99.4 Å². The van der Waals surface area contributed by atoms with Crippen LogP contribution >= 0.6 is 0 Å². The summed E-state index contributed by atoms with van der Waals surface area (Å²) < 4.78 is 76.9. The standard InChI is InChI=1S/C28H29F5O/c1-3-5-18-6-9-21(23(29)13-18)10-7-19-14-24(30)22(25(31)15-19)11-8-20-16-26(32)28(27(33)17-20)34-12-4-2/h6,9,13-17H,3-5,7-8,10-12H2,1-2H3. The molecule has 0 radical (unpaired) electrons. The second-order valence-corrected chi connectivity index (χ2v) is 8.45. The average molecular weight is 477 g/mol. The van der Waals surface area contributed by atoms with Crippen molar-refractivity contribution in [3.63, 3.8) is 0 Å². The summed E-state index contributed by atoms with van der Waals surface area (Å²) in [4.78, 5) is 0. The third kappa shape index (κ3) is 6.58. The fraction of sp³-hybridized carbons (Fsp3) is 0.357. The van der Waals surface area contributed by atoms with Crippen molar-refractivity contribution >= 4 is 0 Å². The molecule has 0 aromatic heterocycles. The number of benzene rings is 3. The van der Waals surface area contributed by atoms with Gasteiger partial charge in [-0.2, -0.15) is 0 Å². The van der Waals surface area contributed by atoms with Crippen LogP contribution in [0, 0.1) is 29.1 Å². The van der Waals surface area contributed by atoms with E-state index in [9.17, 15) is 22.0 Å². The Kier molecular flexibility index (Phi) is 9.08. The average Bonchev–Trinajstić information content (AvgIpc) is 2.78. The minimum atomic E-state index is -0.838. The van der Waals surface area contributed by atoms with E-state index in [4.69, 9.17) is 4.74 Å². The van der Waals surface area contributed by atoms with Crippen LogP contribution in [0.4, 0.5) is 22.0 Å². The lowest BCUT2D eigenvalue weighted by Crippen LogP contribution is -2.04. The largest absolute Gasteiger partial charge is 0.488 e. The molecule has 3 aromatic rings. The highest BCUT2D eigenvalue weighted by atomic mass is 19.1. The Hall–Kier alpha value is -2.89. The maximum Gasteiger partial charge on any atom is 0.190 e. The predicted molar refractivity (Wildman–Crippen MR) is 124 cm³/mol. The molecular weight excluding hydrogens is 447 g/mol. The highest BCUT2D eigenvalue weighted by molar-refractivity contribution is 5.33. The summed E-state index contributed by atoms with van der Waals surface area (Å²) >= 11 is 0. The van der Waals surface area contributed by atoms with E-state index in [0.29, 0.717) is 24.0 Å². The molecule has 0 spiro atoms. The van der Waals surface area contributed by atoms with E-state index in [2.05, 4.69) is 0 Å². The van der Waals surface area contributed by atoms with Crippen LogP contribution in [0.1, 0.15) is 54.5 Å². The van der Waals surface area contributed by atoms with Gasteiger partial charge >= 0.3 is 0 Å². The summed E-state index contributed by atoms with van der Waals surface area (Å²) in [6.07, 6.45) is 2.94. The van der Waals surface area contributed by atoms with Gasteiger partial charge in [-0.05, 0) is 91.1 Å². The molecule has 0 saturated heterocycles. The Labute approximate surface area is 197 Å². The Morgan fingerprint density at radius 1 is 0.559 bits per heavy atom. The van der Waals surface area contributed by atoms with Gasteiger partial charge in [-0.1, -0.05) is 32.4 Å². The molecule has 0 aliphatic heterocycles. The van der Waals surface area contributed by atoms with Gasteiger partial charge in [0, 0.05) is 5.56 Å². The van der Waals surface area contributed by atoms with Crippen LogP contribution in [-0.4, -0.2) is 6.61 Å². The number of aryl methyl sites for hydroxylation is 4. The maximum atomic E-state index is 14.6. The van der Waals surface area contributed by atoms with Gasteiger partial charge in [-0.3, -0.25) is 0 Å². The summed E-state index contributed by atoms with van der Waals surface area (Å²) in [6.45, 7) is 4.03. The van der Waals surface area contributed by atoms with E-state index in [0.717, 1.165) is 30.5 Å². The van der Waals surface area contributed by atoms with Gasteiger partial charge < -0.3 is 4.74 Å². The van der Waals surface area contributed by atoms with Crippen molar-refractivity contribution < 1.29 is 26.7 Å². The summed E-state index contributed by atoms with van der Waals surface area (Å²) in [5.41, 5.74) is 1.98. The first-order valence-electron chi connectivity index (χ1n) is 11.7. The highest BCUT2D eigenvalue weighted by Gasteiger charge is 2.16. The van der Waals surface area contributed by atoms with E-state index in [1.54, 1.807) is 6.07 Å². The fourth-order valence-electron chi connectivity index (χ4n) is 3.92. The molecule has 0 aliphatic rings. The van der Waals surface area contributed by atoms with Gasteiger partial charge in [0.05, 0.1) is 6.61 Å². The van der Waals surface area contributed by atoms with Crippen molar-refractivity contribution in [2.75, 3.05) is 6.61 Å². The summed E-state index contributed by atoms with van der Waals surface area (Å²) in [7, 11) is 0. The number of hydrogen-bond acceptors (Lipinski definition) is 1. The van der Waals surface area contributed by atoms with Crippen LogP contribution in [0.3, 0.4) is 0 Å². The van der Waals surface area contributed by atoms with Gasteiger partial charge in [0.15, 0.2) is 17.4 Å². The number of ether oxygens (including phenoxy) is 1. The van der Waals surface area contributed by atoms with E-state index < -0.39 is 29.0 Å². The third-order valence-electron chi connectivity index (χ3n) is 5.71. The van der Waals surface area contributed by atoms with Gasteiger partial charge in [-0.15, -0.1) is 0 Å². The molecule has 6 heteroatoms. The first kappa shape index (κ1) is 25.7. The van der Waals surface area contributed by atoms with Gasteiger partial charge in [0.1, 0.15) is 17.5 Å². The van der Waals surface area contributed by atoms with Crippen molar-refractivity contribution in [2.24, 2.45) is 0 Å². The lowest BCUT2D eigenvalue weighted by atomic mass is 9.98. The van der Waals surface area contributed by atoms with E-state index in [1.165, 1.54) is 18.2 Å². The minimum absolute atomic E-state index is 0.0560. The molecule has 0 bridgehead atoms. The first-order chi connectivity index (χ1) is 16.3. The molecule has 0 atom stereocenters. The van der Waals surface area contributed by atoms with Crippen LogP contribution in [0.5, 0.6) is 5.75 Å². The topological polar surface area (TPSA) is 9.23 Å². The van der Waals surface area contributed by atoms with Crippen molar-refractivity contribution in [1.82, 2.24) is 0 Å². The molecule has 34 heavy (non-hydrogen) atoms. The summed E-state index contributed by atoms with van der Waals surface area (Å²) in [6, 6.07) is 9.84. The summed E-state index contributed by atoms with van der Waals surface area (Å²) in [5, 5.41) is 0. The van der Waals surface area contributed by atoms with E-state index in [-0.39, 0.29) is 42.8 Å². The van der Waals surface area contributed by atoms with Crippen LogP contribution in [0.15, 0.2) is 42.5 Å². The van der Waals surface area contributed by atoms with Crippen molar-refractivity contribution in [3.8, 4) is 5.75 Å². The molecule has 1 nitrogen and oxygen atoms in total. The van der Waals surface area contributed by atoms with E-state index >= 15 is 0 Å². The molecule has 0 unspecified atom stereocenters. The second kappa shape index (κ2) is 12.0. The molecule has 0 N–H and O–H groups in total. The smallest absolute Gasteiger partial charge is 0.190 e. The highest BCUT2D eigenvalue weighted by Crippen LogP contribution is 2.25. The Balaban J connectivity index is 1.66. The molecule has 182 valence electrons. The lowest BCUT2D eigenvalue weighted by Gasteiger charge is -2.11. The second-order valence-electron chi connectivity index (χ2n) is 8.45. The number of halogens is 5. The monoisotopic (exact) mass is 476 g/mol. The normalized spacial score (nSPS) is 11.1. The molecule has 0 aliphatic carbocycles.